The van der Waals surface area contributed by atoms with E-state index in [1.807, 2.05) is 62.3 Å². The van der Waals surface area contributed by atoms with E-state index in [2.05, 4.69) is 5.32 Å². The number of rotatable bonds is 6. The number of nitrogens with one attached hydrogen (secondary N) is 1. The second-order valence-corrected chi connectivity index (χ2v) is 6.50. The third-order valence-corrected chi connectivity index (χ3v) is 4.18. The summed E-state index contributed by atoms with van der Waals surface area (Å²) in [7, 11) is 3.77. The molecule has 0 unspecified atom stereocenters. The van der Waals surface area contributed by atoms with Crippen molar-refractivity contribution in [3.05, 3.63) is 65.9 Å². The van der Waals surface area contributed by atoms with Crippen LogP contribution in [-0.2, 0) is 9.53 Å². The Hall–Kier alpha value is -3.28. The van der Waals surface area contributed by atoms with Crippen LogP contribution in [0.2, 0.25) is 0 Å². The first kappa shape index (κ1) is 18.5. The zero-order valence-corrected chi connectivity index (χ0v) is 15.6. The highest BCUT2D eigenvalue weighted by Crippen LogP contribution is 2.23. The van der Waals surface area contributed by atoms with Gasteiger partial charge in [0.15, 0.2) is 6.61 Å². The fourth-order valence-corrected chi connectivity index (χ4v) is 2.70. The number of amides is 1. The predicted octanol–water partition coefficient (Wildman–Crippen LogP) is 3.53. The first-order valence-corrected chi connectivity index (χ1v) is 8.66. The third kappa shape index (κ3) is 4.47. The largest absolute Gasteiger partial charge is 0.459 e. The maximum atomic E-state index is 12.2. The van der Waals surface area contributed by atoms with E-state index < -0.39 is 5.97 Å². The lowest BCUT2D eigenvalue weighted by atomic mass is 10.2. The van der Waals surface area contributed by atoms with E-state index in [-0.39, 0.29) is 18.6 Å². The zero-order chi connectivity index (χ0) is 19.4. The van der Waals surface area contributed by atoms with Gasteiger partial charge in [0.2, 0.25) is 0 Å². The second kappa shape index (κ2) is 7.95. The lowest BCUT2D eigenvalue weighted by Crippen LogP contribution is -2.31. The molecule has 2 aromatic carbocycles. The summed E-state index contributed by atoms with van der Waals surface area (Å²) in [6.07, 6.45) is 0. The van der Waals surface area contributed by atoms with Crippen LogP contribution in [0.1, 0.15) is 29.1 Å². The molecule has 27 heavy (non-hydrogen) atoms. The molecule has 6 heteroatoms. The molecule has 0 fully saturated rings. The summed E-state index contributed by atoms with van der Waals surface area (Å²) in [5, 5.41) is 3.75. The van der Waals surface area contributed by atoms with Gasteiger partial charge in [-0.25, -0.2) is 4.79 Å². The average molecular weight is 366 g/mol. The van der Waals surface area contributed by atoms with Crippen LogP contribution in [0.15, 0.2) is 59.0 Å². The summed E-state index contributed by atoms with van der Waals surface area (Å²) in [6, 6.07) is 16.2. The van der Waals surface area contributed by atoms with E-state index in [9.17, 15) is 9.59 Å². The van der Waals surface area contributed by atoms with Crippen LogP contribution in [0.25, 0.3) is 11.0 Å². The molecule has 0 spiro atoms. The van der Waals surface area contributed by atoms with Crippen LogP contribution >= 0.6 is 0 Å². The van der Waals surface area contributed by atoms with Gasteiger partial charge in [0, 0.05) is 25.2 Å². The van der Waals surface area contributed by atoms with Crippen molar-refractivity contribution < 1.29 is 18.7 Å². The van der Waals surface area contributed by atoms with E-state index in [4.69, 9.17) is 9.15 Å². The van der Waals surface area contributed by atoms with Crippen molar-refractivity contribution in [3.63, 3.8) is 0 Å². The minimum absolute atomic E-state index is 0.333. The van der Waals surface area contributed by atoms with Crippen LogP contribution in [0, 0.1) is 0 Å². The van der Waals surface area contributed by atoms with Gasteiger partial charge in [0.05, 0.1) is 11.6 Å². The molecule has 6 nitrogen and oxygen atoms in total. The van der Waals surface area contributed by atoms with Crippen LogP contribution in [0.5, 0.6) is 0 Å². The Morgan fingerprint density at radius 1 is 1.11 bits per heavy atom. The summed E-state index contributed by atoms with van der Waals surface area (Å²) in [6.45, 7) is 1.47. The molecule has 0 radical (unpaired) electrons. The maximum absolute atomic E-state index is 12.2. The first-order valence-electron chi connectivity index (χ1n) is 8.66. The standard InChI is InChI=1S/C21H22N2O4/c1-14(19-12-15-7-4-5-10-18(15)27-19)22-20(24)13-26-21(25)16-8-6-9-17(11-16)23(2)3/h4-12,14H,13H2,1-3H3,(H,22,24)/t14-/m0/s1. The minimum atomic E-state index is -0.537. The van der Waals surface area contributed by atoms with Crippen molar-refractivity contribution in [2.75, 3.05) is 25.6 Å². The number of carbonyl (C=O) groups is 2. The Morgan fingerprint density at radius 2 is 1.89 bits per heavy atom. The number of esters is 1. The normalized spacial score (nSPS) is 11.8. The van der Waals surface area contributed by atoms with Crippen molar-refractivity contribution in [3.8, 4) is 0 Å². The van der Waals surface area contributed by atoms with E-state index in [0.29, 0.717) is 11.3 Å². The summed E-state index contributed by atoms with van der Waals surface area (Å²) >= 11 is 0. The Labute approximate surface area is 157 Å². The van der Waals surface area contributed by atoms with Gasteiger partial charge < -0.3 is 19.4 Å². The van der Waals surface area contributed by atoms with Crippen molar-refractivity contribution in [2.45, 2.75) is 13.0 Å². The van der Waals surface area contributed by atoms with E-state index in [0.717, 1.165) is 16.7 Å². The van der Waals surface area contributed by atoms with Gasteiger partial charge in [-0.2, -0.15) is 0 Å². The quantitative estimate of drug-likeness (QED) is 0.676. The number of anilines is 1. The monoisotopic (exact) mass is 366 g/mol. The van der Waals surface area contributed by atoms with Crippen LogP contribution in [0.4, 0.5) is 5.69 Å². The van der Waals surface area contributed by atoms with Crippen molar-refractivity contribution in [1.29, 1.82) is 0 Å². The lowest BCUT2D eigenvalue weighted by molar-refractivity contribution is -0.125. The van der Waals surface area contributed by atoms with Crippen LogP contribution in [-0.4, -0.2) is 32.6 Å². The molecule has 140 valence electrons. The summed E-state index contributed by atoms with van der Waals surface area (Å²) in [4.78, 5) is 26.2. The predicted molar refractivity (Wildman–Crippen MR) is 104 cm³/mol. The zero-order valence-electron chi connectivity index (χ0n) is 15.6. The molecule has 1 atom stereocenters. The molecule has 1 aromatic heterocycles. The molecular weight excluding hydrogens is 344 g/mol. The first-order chi connectivity index (χ1) is 12.9. The number of carbonyl (C=O) groups excluding carboxylic acids is 2. The summed E-state index contributed by atoms with van der Waals surface area (Å²) in [5.74, 6) is -0.278. The molecule has 0 aliphatic heterocycles. The molecular formula is C21H22N2O4. The maximum Gasteiger partial charge on any atom is 0.338 e. The van der Waals surface area contributed by atoms with Gasteiger partial charge in [0.1, 0.15) is 11.3 Å². The summed E-state index contributed by atoms with van der Waals surface area (Å²) < 4.78 is 10.9. The molecule has 1 amide bonds. The van der Waals surface area contributed by atoms with Crippen molar-refractivity contribution in [2.24, 2.45) is 0 Å². The highest BCUT2D eigenvalue weighted by atomic mass is 16.5. The Bertz CT molecular complexity index is 928. The van der Waals surface area contributed by atoms with Gasteiger partial charge in [-0.1, -0.05) is 24.3 Å². The number of ether oxygens (including phenoxy) is 1. The van der Waals surface area contributed by atoms with Gasteiger partial charge >= 0.3 is 5.97 Å². The molecule has 0 aliphatic rings. The molecule has 3 aromatic rings. The topological polar surface area (TPSA) is 71.8 Å². The van der Waals surface area contributed by atoms with Gasteiger partial charge in [-0.3, -0.25) is 4.79 Å². The smallest absolute Gasteiger partial charge is 0.338 e. The highest BCUT2D eigenvalue weighted by molar-refractivity contribution is 5.92. The number of benzene rings is 2. The highest BCUT2D eigenvalue weighted by Gasteiger charge is 2.16. The van der Waals surface area contributed by atoms with Gasteiger partial charge in [-0.05, 0) is 37.3 Å². The SMILES string of the molecule is C[C@H](NC(=O)COC(=O)c1cccc(N(C)C)c1)c1cc2ccccc2o1. The lowest BCUT2D eigenvalue weighted by Gasteiger charge is -2.14. The van der Waals surface area contributed by atoms with E-state index >= 15 is 0 Å². The molecule has 1 heterocycles. The number of nitrogens with zero attached hydrogens (tertiary/aromatic N) is 1. The number of furan rings is 1. The Kier molecular flexibility index (Phi) is 5.45. The third-order valence-electron chi connectivity index (χ3n) is 4.18. The Balaban J connectivity index is 1.56. The minimum Gasteiger partial charge on any atom is -0.459 e. The summed E-state index contributed by atoms with van der Waals surface area (Å²) in [5.41, 5.74) is 2.05. The number of para-hydroxylation sites is 1. The fourth-order valence-electron chi connectivity index (χ4n) is 2.70. The molecule has 0 saturated heterocycles. The van der Waals surface area contributed by atoms with E-state index in [1.165, 1.54) is 0 Å². The van der Waals surface area contributed by atoms with Crippen molar-refractivity contribution >= 4 is 28.5 Å². The average Bonchev–Trinajstić information content (AvgIpc) is 3.10. The molecule has 0 aliphatic carbocycles. The number of hydrogen-bond acceptors (Lipinski definition) is 5. The molecule has 0 saturated carbocycles. The van der Waals surface area contributed by atoms with Gasteiger partial charge in [-0.15, -0.1) is 0 Å². The molecule has 3 rings (SSSR count). The van der Waals surface area contributed by atoms with Crippen molar-refractivity contribution in [1.82, 2.24) is 5.32 Å². The number of hydrogen-bond donors (Lipinski definition) is 1. The molecule has 1 N–H and O–H groups in total. The van der Waals surface area contributed by atoms with Gasteiger partial charge in [0.25, 0.3) is 5.91 Å². The van der Waals surface area contributed by atoms with E-state index in [1.54, 1.807) is 18.2 Å². The van der Waals surface area contributed by atoms with Crippen LogP contribution < -0.4 is 10.2 Å². The molecule has 0 bridgehead atoms. The number of fused-ring (bicyclic) bond motifs is 1. The van der Waals surface area contributed by atoms with Crippen LogP contribution in [0.3, 0.4) is 0 Å². The Morgan fingerprint density at radius 3 is 2.63 bits per heavy atom. The second-order valence-electron chi connectivity index (χ2n) is 6.50. The fraction of sp³-hybridized carbons (Fsp3) is 0.238.